The normalized spacial score (nSPS) is 11.6. The summed E-state index contributed by atoms with van der Waals surface area (Å²) in [4.78, 5) is 12.0. The van der Waals surface area contributed by atoms with Crippen molar-refractivity contribution in [2.24, 2.45) is 0 Å². The molecule has 4 nitrogen and oxygen atoms in total. The second kappa shape index (κ2) is 8.22. The largest absolute Gasteiger partial charge is 0.492 e. The van der Waals surface area contributed by atoms with Gasteiger partial charge in [-0.2, -0.15) is 0 Å². The van der Waals surface area contributed by atoms with Crippen LogP contribution in [-0.4, -0.2) is 25.2 Å². The van der Waals surface area contributed by atoms with Crippen LogP contribution in [0.5, 0.6) is 11.5 Å². The van der Waals surface area contributed by atoms with Crippen LogP contribution in [0.15, 0.2) is 48.5 Å². The van der Waals surface area contributed by atoms with Crippen molar-refractivity contribution in [1.29, 1.82) is 0 Å². The number of carbonyl (C=O) groups is 1. The molecule has 0 saturated carbocycles. The molecule has 0 saturated heterocycles. The molecule has 1 amide bonds. The molecule has 4 heteroatoms. The van der Waals surface area contributed by atoms with Crippen LogP contribution in [0.2, 0.25) is 0 Å². The van der Waals surface area contributed by atoms with Crippen molar-refractivity contribution in [3.8, 4) is 11.5 Å². The van der Waals surface area contributed by atoms with E-state index in [9.17, 15) is 4.79 Å². The molecule has 2 aromatic rings. The Labute approximate surface area is 137 Å². The number of hydrogen-bond acceptors (Lipinski definition) is 3. The average Bonchev–Trinajstić information content (AvgIpc) is 2.55. The van der Waals surface area contributed by atoms with E-state index in [1.807, 2.05) is 55.5 Å². The van der Waals surface area contributed by atoms with Gasteiger partial charge in [-0.05, 0) is 56.2 Å². The van der Waals surface area contributed by atoms with Gasteiger partial charge in [0.1, 0.15) is 18.1 Å². The first-order chi connectivity index (χ1) is 11.1. The fourth-order valence-electron chi connectivity index (χ4n) is 2.05. The van der Waals surface area contributed by atoms with E-state index in [0.29, 0.717) is 18.9 Å². The quantitative estimate of drug-likeness (QED) is 0.798. The Kier molecular flexibility index (Phi) is 6.03. The van der Waals surface area contributed by atoms with Crippen molar-refractivity contribution < 1.29 is 14.3 Å². The molecule has 23 heavy (non-hydrogen) atoms. The molecule has 0 radical (unpaired) electrons. The van der Waals surface area contributed by atoms with E-state index in [1.165, 1.54) is 11.1 Å². The lowest BCUT2D eigenvalue weighted by Crippen LogP contribution is -2.38. The first-order valence-electron chi connectivity index (χ1n) is 7.76. The van der Waals surface area contributed by atoms with Gasteiger partial charge in [-0.15, -0.1) is 0 Å². The van der Waals surface area contributed by atoms with Gasteiger partial charge >= 0.3 is 0 Å². The Morgan fingerprint density at radius 3 is 2.48 bits per heavy atom. The van der Waals surface area contributed by atoms with Crippen LogP contribution in [0, 0.1) is 13.8 Å². The highest BCUT2D eigenvalue weighted by atomic mass is 16.5. The molecule has 0 aliphatic carbocycles. The van der Waals surface area contributed by atoms with Crippen molar-refractivity contribution >= 4 is 5.91 Å². The summed E-state index contributed by atoms with van der Waals surface area (Å²) in [5.41, 5.74) is 2.42. The van der Waals surface area contributed by atoms with Gasteiger partial charge in [0.05, 0.1) is 6.54 Å². The number of ether oxygens (including phenoxy) is 2. The zero-order valence-corrected chi connectivity index (χ0v) is 13.8. The zero-order chi connectivity index (χ0) is 16.7. The van der Waals surface area contributed by atoms with E-state index >= 15 is 0 Å². The van der Waals surface area contributed by atoms with Crippen LogP contribution in [0.4, 0.5) is 0 Å². The molecule has 2 rings (SSSR count). The lowest BCUT2D eigenvalue weighted by molar-refractivity contribution is -0.127. The maximum atomic E-state index is 12.0. The van der Waals surface area contributed by atoms with E-state index < -0.39 is 6.10 Å². The minimum absolute atomic E-state index is 0.155. The number of carbonyl (C=O) groups excluding carboxylic acids is 1. The highest BCUT2D eigenvalue weighted by molar-refractivity contribution is 5.80. The standard InChI is InChI=1S/C19H23NO3/c1-14-9-10-18(13-15(14)2)22-12-11-20-19(21)16(3)23-17-7-5-4-6-8-17/h4-10,13,16H,11-12H2,1-3H3,(H,20,21)/t16-/m0/s1. The lowest BCUT2D eigenvalue weighted by Gasteiger charge is -2.15. The topological polar surface area (TPSA) is 47.6 Å². The summed E-state index contributed by atoms with van der Waals surface area (Å²) < 4.78 is 11.2. The van der Waals surface area contributed by atoms with Gasteiger partial charge in [0.2, 0.25) is 0 Å². The van der Waals surface area contributed by atoms with Crippen molar-refractivity contribution in [2.75, 3.05) is 13.2 Å². The van der Waals surface area contributed by atoms with E-state index in [4.69, 9.17) is 9.47 Å². The molecular formula is C19H23NO3. The lowest BCUT2D eigenvalue weighted by atomic mass is 10.1. The molecule has 0 heterocycles. The SMILES string of the molecule is Cc1ccc(OCCNC(=O)[C@H](C)Oc2ccccc2)cc1C. The van der Waals surface area contributed by atoms with Crippen LogP contribution in [0.3, 0.4) is 0 Å². The number of aryl methyl sites for hydroxylation is 2. The third kappa shape index (κ3) is 5.33. The molecule has 0 spiro atoms. The second-order valence-corrected chi connectivity index (χ2v) is 5.46. The molecule has 0 bridgehead atoms. The number of nitrogens with one attached hydrogen (secondary N) is 1. The molecule has 0 aromatic heterocycles. The van der Waals surface area contributed by atoms with E-state index in [2.05, 4.69) is 12.2 Å². The van der Waals surface area contributed by atoms with Gasteiger partial charge in [0.15, 0.2) is 6.10 Å². The molecular weight excluding hydrogens is 290 g/mol. The predicted octanol–water partition coefficient (Wildman–Crippen LogP) is 3.27. The monoisotopic (exact) mass is 313 g/mol. The third-order valence-corrected chi connectivity index (χ3v) is 3.57. The van der Waals surface area contributed by atoms with Gasteiger partial charge < -0.3 is 14.8 Å². The number of rotatable bonds is 7. The Hall–Kier alpha value is -2.49. The van der Waals surface area contributed by atoms with Gasteiger partial charge in [0, 0.05) is 0 Å². The summed E-state index contributed by atoms with van der Waals surface area (Å²) >= 11 is 0. The summed E-state index contributed by atoms with van der Waals surface area (Å²) in [6, 6.07) is 15.3. The number of benzene rings is 2. The Morgan fingerprint density at radius 2 is 1.78 bits per heavy atom. The van der Waals surface area contributed by atoms with Crippen LogP contribution in [-0.2, 0) is 4.79 Å². The predicted molar refractivity (Wildman–Crippen MR) is 91.0 cm³/mol. The molecule has 1 atom stereocenters. The fraction of sp³-hybridized carbons (Fsp3) is 0.316. The summed E-state index contributed by atoms with van der Waals surface area (Å²) in [6.45, 7) is 6.70. The zero-order valence-electron chi connectivity index (χ0n) is 13.8. The van der Waals surface area contributed by atoms with Crippen molar-refractivity contribution in [1.82, 2.24) is 5.32 Å². The van der Waals surface area contributed by atoms with Crippen molar-refractivity contribution in [3.05, 3.63) is 59.7 Å². The highest BCUT2D eigenvalue weighted by Crippen LogP contribution is 2.16. The van der Waals surface area contributed by atoms with Crippen molar-refractivity contribution in [2.45, 2.75) is 26.9 Å². The Balaban J connectivity index is 1.71. The highest BCUT2D eigenvalue weighted by Gasteiger charge is 2.13. The first kappa shape index (κ1) is 16.9. The minimum atomic E-state index is -0.543. The summed E-state index contributed by atoms with van der Waals surface area (Å²) in [7, 11) is 0. The Bertz CT molecular complexity index is 640. The van der Waals surface area contributed by atoms with Gasteiger partial charge in [0.25, 0.3) is 5.91 Å². The number of para-hydroxylation sites is 1. The number of amides is 1. The average molecular weight is 313 g/mol. The molecule has 0 unspecified atom stereocenters. The van der Waals surface area contributed by atoms with Crippen molar-refractivity contribution in [3.63, 3.8) is 0 Å². The molecule has 0 aliphatic rings. The maximum Gasteiger partial charge on any atom is 0.260 e. The summed E-state index contributed by atoms with van der Waals surface area (Å²) in [5.74, 6) is 1.34. The molecule has 1 N–H and O–H groups in total. The Morgan fingerprint density at radius 1 is 1.04 bits per heavy atom. The fourth-order valence-corrected chi connectivity index (χ4v) is 2.05. The first-order valence-corrected chi connectivity index (χ1v) is 7.76. The van der Waals surface area contributed by atoms with E-state index in [-0.39, 0.29) is 5.91 Å². The van der Waals surface area contributed by atoms with E-state index in [0.717, 1.165) is 5.75 Å². The second-order valence-electron chi connectivity index (χ2n) is 5.46. The molecule has 122 valence electrons. The van der Waals surface area contributed by atoms with Crippen LogP contribution >= 0.6 is 0 Å². The summed E-state index contributed by atoms with van der Waals surface area (Å²) in [6.07, 6.45) is -0.543. The third-order valence-electron chi connectivity index (χ3n) is 3.57. The summed E-state index contributed by atoms with van der Waals surface area (Å²) in [5, 5.41) is 2.81. The van der Waals surface area contributed by atoms with Gasteiger partial charge in [-0.25, -0.2) is 0 Å². The van der Waals surface area contributed by atoms with Gasteiger partial charge in [-0.3, -0.25) is 4.79 Å². The van der Waals surface area contributed by atoms with Crippen LogP contribution in [0.25, 0.3) is 0 Å². The van der Waals surface area contributed by atoms with E-state index in [1.54, 1.807) is 6.92 Å². The smallest absolute Gasteiger partial charge is 0.260 e. The molecule has 0 fully saturated rings. The molecule has 2 aromatic carbocycles. The molecule has 0 aliphatic heterocycles. The minimum Gasteiger partial charge on any atom is -0.492 e. The van der Waals surface area contributed by atoms with Crippen LogP contribution in [0.1, 0.15) is 18.1 Å². The number of hydrogen-bond donors (Lipinski definition) is 1. The maximum absolute atomic E-state index is 12.0. The van der Waals surface area contributed by atoms with Gasteiger partial charge in [-0.1, -0.05) is 24.3 Å². The van der Waals surface area contributed by atoms with Crippen LogP contribution < -0.4 is 14.8 Å².